The number of nitrogens with zero attached hydrogens (tertiary/aromatic N) is 3. The van der Waals surface area contributed by atoms with Gasteiger partial charge in [0.15, 0.2) is 5.82 Å². The highest BCUT2D eigenvalue weighted by molar-refractivity contribution is 5.32. The molecule has 0 bridgehead atoms. The number of rotatable bonds is 4. The first-order valence-electron chi connectivity index (χ1n) is 8.59. The van der Waals surface area contributed by atoms with Crippen molar-refractivity contribution in [1.29, 1.82) is 0 Å². The van der Waals surface area contributed by atoms with Crippen LogP contribution in [0.25, 0.3) is 0 Å². The molecular formula is C18H24N4O. The van der Waals surface area contributed by atoms with E-state index in [0.29, 0.717) is 18.7 Å². The van der Waals surface area contributed by atoms with Crippen molar-refractivity contribution in [2.24, 2.45) is 0 Å². The third-order valence-corrected chi connectivity index (χ3v) is 4.98. The number of aryl methyl sites for hydroxylation is 2. The summed E-state index contributed by atoms with van der Waals surface area (Å²) < 4.78 is 7.20. The molecule has 1 N–H and O–H groups in total. The summed E-state index contributed by atoms with van der Waals surface area (Å²) in [6.45, 7) is 1.40. The van der Waals surface area contributed by atoms with Crippen LogP contribution in [0, 0.1) is 0 Å². The minimum Gasteiger partial charge on any atom is -0.377 e. The summed E-state index contributed by atoms with van der Waals surface area (Å²) >= 11 is 0. The highest BCUT2D eigenvalue weighted by atomic mass is 16.5. The van der Waals surface area contributed by atoms with Gasteiger partial charge in [0.25, 0.3) is 0 Å². The zero-order valence-electron chi connectivity index (χ0n) is 13.7. The molecule has 0 spiro atoms. The molecule has 2 unspecified atom stereocenters. The molecule has 1 aromatic heterocycles. The van der Waals surface area contributed by atoms with E-state index in [1.54, 1.807) is 7.11 Å². The Bertz CT molecular complexity index is 681. The Kier molecular flexibility index (Phi) is 4.14. The lowest BCUT2D eigenvalue weighted by Crippen LogP contribution is -2.40. The normalized spacial score (nSPS) is 23.3. The van der Waals surface area contributed by atoms with Crippen LogP contribution in [0.5, 0.6) is 0 Å². The van der Waals surface area contributed by atoms with Crippen LogP contribution < -0.4 is 5.32 Å². The quantitative estimate of drug-likeness (QED) is 0.942. The summed E-state index contributed by atoms with van der Waals surface area (Å²) in [6, 6.07) is 9.82. The van der Waals surface area contributed by atoms with Gasteiger partial charge in [0, 0.05) is 25.6 Å². The summed E-state index contributed by atoms with van der Waals surface area (Å²) in [6.07, 6.45) is 5.83. The molecule has 0 amide bonds. The van der Waals surface area contributed by atoms with Crippen molar-refractivity contribution in [3.05, 3.63) is 47.0 Å². The van der Waals surface area contributed by atoms with E-state index in [9.17, 15) is 0 Å². The van der Waals surface area contributed by atoms with Gasteiger partial charge < -0.3 is 10.1 Å². The van der Waals surface area contributed by atoms with Crippen LogP contribution in [0.15, 0.2) is 24.3 Å². The smallest absolute Gasteiger partial charge is 0.176 e. The first-order chi connectivity index (χ1) is 11.3. The van der Waals surface area contributed by atoms with E-state index in [2.05, 4.69) is 44.3 Å². The molecule has 1 aliphatic heterocycles. The van der Waals surface area contributed by atoms with Gasteiger partial charge in [0.05, 0.1) is 6.54 Å². The standard InChI is InChI=1S/C18H24N4O/c1-23-12-17-20-18-10-9-14(11-22(18)21-17)19-16-8-4-6-13-5-2-3-7-15(13)16/h2-3,5,7,14,16,19H,4,6,8-12H2,1H3. The lowest BCUT2D eigenvalue weighted by atomic mass is 9.87. The molecule has 5 nitrogen and oxygen atoms in total. The summed E-state index contributed by atoms with van der Waals surface area (Å²) in [7, 11) is 1.69. The fourth-order valence-electron chi connectivity index (χ4n) is 3.90. The number of hydrogen-bond acceptors (Lipinski definition) is 4. The van der Waals surface area contributed by atoms with Crippen LogP contribution in [-0.4, -0.2) is 27.9 Å². The monoisotopic (exact) mass is 312 g/mol. The highest BCUT2D eigenvalue weighted by Crippen LogP contribution is 2.30. The highest BCUT2D eigenvalue weighted by Gasteiger charge is 2.26. The Hall–Kier alpha value is -1.72. The molecule has 2 aromatic rings. The van der Waals surface area contributed by atoms with E-state index in [0.717, 1.165) is 31.0 Å². The predicted molar refractivity (Wildman–Crippen MR) is 88.1 cm³/mol. The van der Waals surface area contributed by atoms with Crippen LogP contribution in [0.2, 0.25) is 0 Å². The molecule has 2 atom stereocenters. The molecule has 0 fully saturated rings. The maximum Gasteiger partial charge on any atom is 0.176 e. The average molecular weight is 312 g/mol. The van der Waals surface area contributed by atoms with E-state index in [1.807, 2.05) is 0 Å². The number of fused-ring (bicyclic) bond motifs is 2. The second-order valence-electron chi connectivity index (χ2n) is 6.61. The molecule has 4 rings (SSSR count). The lowest BCUT2D eigenvalue weighted by molar-refractivity contribution is 0.177. The molecule has 1 aliphatic carbocycles. The fraction of sp³-hybridized carbons (Fsp3) is 0.556. The topological polar surface area (TPSA) is 52.0 Å². The van der Waals surface area contributed by atoms with Crippen LogP contribution in [0.1, 0.15) is 48.1 Å². The summed E-state index contributed by atoms with van der Waals surface area (Å²) in [5.41, 5.74) is 3.00. The van der Waals surface area contributed by atoms with Crippen LogP contribution in [0.3, 0.4) is 0 Å². The van der Waals surface area contributed by atoms with Crippen LogP contribution >= 0.6 is 0 Å². The maximum absolute atomic E-state index is 5.14. The van der Waals surface area contributed by atoms with E-state index in [1.165, 1.54) is 30.4 Å². The number of nitrogens with one attached hydrogen (secondary N) is 1. The Morgan fingerprint density at radius 2 is 2.17 bits per heavy atom. The average Bonchev–Trinajstić information content (AvgIpc) is 2.97. The van der Waals surface area contributed by atoms with E-state index in [-0.39, 0.29) is 0 Å². The third-order valence-electron chi connectivity index (χ3n) is 4.98. The number of hydrogen-bond donors (Lipinski definition) is 1. The van der Waals surface area contributed by atoms with Crippen molar-refractivity contribution >= 4 is 0 Å². The Balaban J connectivity index is 1.46. The Morgan fingerprint density at radius 1 is 1.26 bits per heavy atom. The van der Waals surface area contributed by atoms with Gasteiger partial charge in [0.1, 0.15) is 12.4 Å². The molecule has 2 heterocycles. The largest absolute Gasteiger partial charge is 0.377 e. The molecule has 1 aromatic carbocycles. The summed E-state index contributed by atoms with van der Waals surface area (Å²) in [4.78, 5) is 4.56. The maximum atomic E-state index is 5.14. The molecule has 23 heavy (non-hydrogen) atoms. The third kappa shape index (κ3) is 3.03. The van der Waals surface area contributed by atoms with Gasteiger partial charge >= 0.3 is 0 Å². The summed E-state index contributed by atoms with van der Waals surface area (Å²) in [5, 5.41) is 8.44. The number of methoxy groups -OCH3 is 1. The van der Waals surface area contributed by atoms with Crippen molar-refractivity contribution in [2.45, 2.75) is 57.3 Å². The number of ether oxygens (including phenoxy) is 1. The van der Waals surface area contributed by atoms with Gasteiger partial charge in [-0.2, -0.15) is 5.10 Å². The molecule has 0 radical (unpaired) electrons. The second kappa shape index (κ2) is 6.42. The first-order valence-corrected chi connectivity index (χ1v) is 8.59. The Labute approximate surface area is 137 Å². The minimum absolute atomic E-state index is 0.468. The molecular weight excluding hydrogens is 288 g/mol. The van der Waals surface area contributed by atoms with Gasteiger partial charge in [0.2, 0.25) is 0 Å². The predicted octanol–water partition coefficient (Wildman–Crippen LogP) is 2.41. The van der Waals surface area contributed by atoms with Crippen molar-refractivity contribution < 1.29 is 4.74 Å². The van der Waals surface area contributed by atoms with E-state index >= 15 is 0 Å². The van der Waals surface area contributed by atoms with Crippen molar-refractivity contribution in [2.75, 3.05) is 7.11 Å². The van der Waals surface area contributed by atoms with Gasteiger partial charge in [-0.25, -0.2) is 9.67 Å². The lowest BCUT2D eigenvalue weighted by Gasteiger charge is -2.32. The van der Waals surface area contributed by atoms with Gasteiger partial charge in [-0.15, -0.1) is 0 Å². The zero-order chi connectivity index (χ0) is 15.6. The van der Waals surface area contributed by atoms with E-state index in [4.69, 9.17) is 4.74 Å². The van der Waals surface area contributed by atoms with Gasteiger partial charge in [-0.1, -0.05) is 24.3 Å². The minimum atomic E-state index is 0.468. The zero-order valence-corrected chi connectivity index (χ0v) is 13.7. The number of benzene rings is 1. The SMILES string of the molecule is COCc1nc2n(n1)CC(NC1CCCc3ccccc31)CC2. The summed E-state index contributed by atoms with van der Waals surface area (Å²) in [5.74, 6) is 1.89. The van der Waals surface area contributed by atoms with Gasteiger partial charge in [-0.3, -0.25) is 0 Å². The molecule has 0 saturated heterocycles. The number of aromatic nitrogens is 3. The molecule has 5 heteroatoms. The van der Waals surface area contributed by atoms with Crippen molar-refractivity contribution in [3.63, 3.8) is 0 Å². The van der Waals surface area contributed by atoms with Crippen LogP contribution in [0.4, 0.5) is 0 Å². The van der Waals surface area contributed by atoms with Crippen molar-refractivity contribution in [3.8, 4) is 0 Å². The van der Waals surface area contributed by atoms with Crippen LogP contribution in [-0.2, 0) is 30.7 Å². The van der Waals surface area contributed by atoms with Gasteiger partial charge in [-0.05, 0) is 36.8 Å². The molecule has 2 aliphatic rings. The molecule has 0 saturated carbocycles. The van der Waals surface area contributed by atoms with Crippen molar-refractivity contribution in [1.82, 2.24) is 20.1 Å². The molecule has 122 valence electrons. The fourth-order valence-corrected chi connectivity index (χ4v) is 3.90. The Morgan fingerprint density at radius 3 is 3.09 bits per heavy atom. The van der Waals surface area contributed by atoms with E-state index < -0.39 is 0 Å². The first kappa shape index (κ1) is 14.8. The second-order valence-corrected chi connectivity index (χ2v) is 6.61.